The molecule has 0 atom stereocenters. The van der Waals surface area contributed by atoms with Crippen molar-refractivity contribution >= 4 is 57.2 Å². The van der Waals surface area contributed by atoms with E-state index in [2.05, 4.69) is 27.6 Å². The minimum atomic E-state index is -0.0711. The van der Waals surface area contributed by atoms with Gasteiger partial charge in [-0.15, -0.1) is 0 Å². The average Bonchev–Trinajstić information content (AvgIpc) is 2.94. The topological polar surface area (TPSA) is 62.1 Å². The van der Waals surface area contributed by atoms with Gasteiger partial charge in [-0.1, -0.05) is 18.2 Å². The first-order chi connectivity index (χ1) is 13.0. The van der Waals surface area contributed by atoms with Gasteiger partial charge in [0.25, 0.3) is 5.91 Å². The number of phenolic OH excluding ortho intramolecular Hbond substituents is 1. The molecule has 0 aromatic heterocycles. The minimum absolute atomic E-state index is 0.0711. The number of amidine groups is 1. The van der Waals surface area contributed by atoms with Crippen LogP contribution in [0.25, 0.3) is 6.08 Å². The van der Waals surface area contributed by atoms with Crippen LogP contribution in [0.1, 0.15) is 19.4 Å². The van der Waals surface area contributed by atoms with Crippen molar-refractivity contribution in [3.8, 4) is 11.5 Å². The summed E-state index contributed by atoms with van der Waals surface area (Å²) in [6.45, 7) is 4.79. The highest BCUT2D eigenvalue weighted by atomic mass is 127. The maximum absolute atomic E-state index is 12.8. The Labute approximate surface area is 176 Å². The number of hydrogen-bond donors (Lipinski definition) is 1. The number of likely N-dealkylation sites (N-methyl/N-ethyl adjacent to an activating group) is 1. The molecule has 1 aliphatic heterocycles. The van der Waals surface area contributed by atoms with Crippen molar-refractivity contribution < 1.29 is 14.6 Å². The van der Waals surface area contributed by atoms with Crippen LogP contribution in [0.15, 0.2) is 52.4 Å². The second kappa shape index (κ2) is 8.79. The Bertz CT molecular complexity index is 913. The molecule has 1 amide bonds. The van der Waals surface area contributed by atoms with Crippen molar-refractivity contribution in [1.29, 1.82) is 0 Å². The zero-order valence-electron chi connectivity index (χ0n) is 15.0. The smallest absolute Gasteiger partial charge is 0.266 e. The van der Waals surface area contributed by atoms with Crippen molar-refractivity contribution in [1.82, 2.24) is 4.90 Å². The summed E-state index contributed by atoms with van der Waals surface area (Å²) < 4.78 is 6.15. The standard InChI is InChI=1S/C20H19IN2O3S/c1-3-23-19(25)17(27-20(23)22-14-8-6-5-7-9-14)12-13-10-15(21)18(24)16(11-13)26-4-2/h5-12,24H,3-4H2,1-2H3/b17-12-,22-20?. The lowest BCUT2D eigenvalue weighted by atomic mass is 10.2. The Hall–Kier alpha value is -2.00. The van der Waals surface area contributed by atoms with Crippen LogP contribution in [-0.2, 0) is 4.79 Å². The van der Waals surface area contributed by atoms with Crippen LogP contribution < -0.4 is 4.74 Å². The van der Waals surface area contributed by atoms with Gasteiger partial charge in [-0.25, -0.2) is 4.99 Å². The van der Waals surface area contributed by atoms with Gasteiger partial charge in [0.2, 0.25) is 0 Å². The Morgan fingerprint density at radius 3 is 2.67 bits per heavy atom. The van der Waals surface area contributed by atoms with E-state index in [9.17, 15) is 9.90 Å². The number of nitrogens with zero attached hydrogens (tertiary/aromatic N) is 2. The summed E-state index contributed by atoms with van der Waals surface area (Å²) in [5.41, 5.74) is 1.61. The van der Waals surface area contributed by atoms with Gasteiger partial charge in [0.1, 0.15) is 0 Å². The van der Waals surface area contributed by atoms with Crippen molar-refractivity contribution in [3.05, 3.63) is 56.5 Å². The summed E-state index contributed by atoms with van der Waals surface area (Å²) in [4.78, 5) is 19.6. The first-order valence-electron chi connectivity index (χ1n) is 8.54. The third kappa shape index (κ3) is 4.47. The molecule has 1 heterocycles. The number of halogens is 1. The molecular weight excluding hydrogens is 475 g/mol. The third-order valence-electron chi connectivity index (χ3n) is 3.83. The second-order valence-corrected chi connectivity index (χ2v) is 7.84. The summed E-state index contributed by atoms with van der Waals surface area (Å²) >= 11 is 3.40. The predicted octanol–water partition coefficient (Wildman–Crippen LogP) is 5.02. The third-order valence-corrected chi connectivity index (χ3v) is 5.66. The quantitative estimate of drug-likeness (QED) is 0.469. The van der Waals surface area contributed by atoms with E-state index < -0.39 is 0 Å². The summed E-state index contributed by atoms with van der Waals surface area (Å²) in [6, 6.07) is 13.1. The summed E-state index contributed by atoms with van der Waals surface area (Å²) in [7, 11) is 0. The highest BCUT2D eigenvalue weighted by molar-refractivity contribution is 14.1. The van der Waals surface area contributed by atoms with Crippen LogP contribution in [0.5, 0.6) is 11.5 Å². The Balaban J connectivity index is 1.95. The molecule has 7 heteroatoms. The molecule has 0 spiro atoms. The normalized spacial score (nSPS) is 17.1. The van der Waals surface area contributed by atoms with Crippen LogP contribution in [-0.4, -0.2) is 34.2 Å². The number of hydrogen-bond acceptors (Lipinski definition) is 5. The molecule has 2 aromatic rings. The Morgan fingerprint density at radius 1 is 1.26 bits per heavy atom. The Morgan fingerprint density at radius 2 is 2.00 bits per heavy atom. The van der Waals surface area contributed by atoms with E-state index in [1.165, 1.54) is 11.8 Å². The molecule has 0 saturated carbocycles. The van der Waals surface area contributed by atoms with Gasteiger partial charge in [0, 0.05) is 6.54 Å². The Kier molecular flexibility index (Phi) is 6.43. The average molecular weight is 494 g/mol. The minimum Gasteiger partial charge on any atom is -0.504 e. The highest BCUT2D eigenvalue weighted by Crippen LogP contribution is 2.37. The van der Waals surface area contributed by atoms with Crippen molar-refractivity contribution in [2.24, 2.45) is 4.99 Å². The SMILES string of the molecule is CCOc1cc(/C=C2\SC(=Nc3ccccc3)N(CC)C2=O)cc(I)c1O. The predicted molar refractivity (Wildman–Crippen MR) is 118 cm³/mol. The molecule has 5 nitrogen and oxygen atoms in total. The van der Waals surface area contributed by atoms with E-state index >= 15 is 0 Å². The number of aliphatic imine (C=N–C) groups is 1. The molecule has 1 aliphatic rings. The van der Waals surface area contributed by atoms with Crippen LogP contribution in [0.2, 0.25) is 0 Å². The van der Waals surface area contributed by atoms with E-state index in [1.54, 1.807) is 11.0 Å². The number of carbonyl (C=O) groups excluding carboxylic acids is 1. The maximum Gasteiger partial charge on any atom is 0.266 e. The first kappa shape index (κ1) is 19.8. The molecular formula is C20H19IN2O3S. The lowest BCUT2D eigenvalue weighted by molar-refractivity contribution is -0.122. The van der Waals surface area contributed by atoms with Gasteiger partial charge in [0.15, 0.2) is 16.7 Å². The summed E-state index contributed by atoms with van der Waals surface area (Å²) in [5, 5.41) is 10.8. The molecule has 0 aliphatic carbocycles. The second-order valence-electron chi connectivity index (χ2n) is 5.67. The molecule has 0 bridgehead atoms. The van der Waals surface area contributed by atoms with Gasteiger partial charge >= 0.3 is 0 Å². The summed E-state index contributed by atoms with van der Waals surface area (Å²) in [5.74, 6) is 0.460. The van der Waals surface area contributed by atoms with Gasteiger partial charge < -0.3 is 9.84 Å². The van der Waals surface area contributed by atoms with Crippen LogP contribution in [0.4, 0.5) is 5.69 Å². The first-order valence-corrected chi connectivity index (χ1v) is 10.4. The molecule has 140 valence electrons. The van der Waals surface area contributed by atoms with Crippen LogP contribution in [0, 0.1) is 3.57 Å². The molecule has 3 rings (SSSR count). The molecule has 1 saturated heterocycles. The van der Waals surface area contributed by atoms with Crippen molar-refractivity contribution in [2.75, 3.05) is 13.2 Å². The molecule has 2 aromatic carbocycles. The zero-order valence-corrected chi connectivity index (χ0v) is 18.0. The fourth-order valence-electron chi connectivity index (χ4n) is 2.58. The number of rotatable bonds is 5. The fourth-order valence-corrected chi connectivity index (χ4v) is 4.27. The number of thioether (sulfide) groups is 1. The number of phenols is 1. The van der Waals surface area contributed by atoms with Crippen LogP contribution >= 0.6 is 34.4 Å². The van der Waals surface area contributed by atoms with Gasteiger partial charge in [-0.3, -0.25) is 9.69 Å². The van der Waals surface area contributed by atoms with E-state index in [-0.39, 0.29) is 11.7 Å². The van der Waals surface area contributed by atoms with E-state index in [0.29, 0.717) is 32.5 Å². The zero-order chi connectivity index (χ0) is 19.4. The highest BCUT2D eigenvalue weighted by Gasteiger charge is 2.32. The number of para-hydroxylation sites is 1. The number of amides is 1. The summed E-state index contributed by atoms with van der Waals surface area (Å²) in [6.07, 6.45) is 1.81. The maximum atomic E-state index is 12.8. The lowest BCUT2D eigenvalue weighted by Gasteiger charge is -2.12. The lowest BCUT2D eigenvalue weighted by Crippen LogP contribution is -2.28. The molecule has 27 heavy (non-hydrogen) atoms. The number of ether oxygens (including phenoxy) is 1. The van der Waals surface area contributed by atoms with Crippen molar-refractivity contribution in [2.45, 2.75) is 13.8 Å². The monoisotopic (exact) mass is 494 g/mol. The van der Waals surface area contributed by atoms with E-state index in [0.717, 1.165) is 11.3 Å². The number of carbonyl (C=O) groups is 1. The van der Waals surface area contributed by atoms with E-state index in [1.807, 2.05) is 56.3 Å². The van der Waals surface area contributed by atoms with Crippen molar-refractivity contribution in [3.63, 3.8) is 0 Å². The van der Waals surface area contributed by atoms with Crippen LogP contribution in [0.3, 0.4) is 0 Å². The van der Waals surface area contributed by atoms with Gasteiger partial charge in [-0.2, -0.15) is 0 Å². The van der Waals surface area contributed by atoms with E-state index in [4.69, 9.17) is 4.74 Å². The number of aromatic hydroxyl groups is 1. The molecule has 1 N–H and O–H groups in total. The van der Waals surface area contributed by atoms with Gasteiger partial charge in [-0.05, 0) is 84.1 Å². The number of benzene rings is 2. The fraction of sp³-hybridized carbons (Fsp3) is 0.200. The molecule has 0 radical (unpaired) electrons. The molecule has 1 fully saturated rings. The van der Waals surface area contributed by atoms with Gasteiger partial charge in [0.05, 0.1) is 20.8 Å². The largest absolute Gasteiger partial charge is 0.504 e. The molecule has 0 unspecified atom stereocenters.